The van der Waals surface area contributed by atoms with E-state index in [9.17, 15) is 18.0 Å². The summed E-state index contributed by atoms with van der Waals surface area (Å²) in [7, 11) is 1.44. The molecule has 0 saturated heterocycles. The van der Waals surface area contributed by atoms with E-state index in [1.807, 2.05) is 0 Å². The van der Waals surface area contributed by atoms with Crippen LogP contribution in [0, 0.1) is 0 Å². The molecule has 0 fully saturated rings. The van der Waals surface area contributed by atoms with Gasteiger partial charge in [0.1, 0.15) is 12.8 Å². The summed E-state index contributed by atoms with van der Waals surface area (Å²) in [5.74, 6) is 0. The molecule has 0 aliphatic heterocycles. The van der Waals surface area contributed by atoms with Crippen LogP contribution >= 0.6 is 23.5 Å². The van der Waals surface area contributed by atoms with Crippen LogP contribution in [0.1, 0.15) is 18.5 Å². The zero-order chi connectivity index (χ0) is 19.3. The van der Waals surface area contributed by atoms with Gasteiger partial charge < -0.3 is 4.74 Å². The number of hydrogen-bond acceptors (Lipinski definition) is 4. The lowest BCUT2D eigenvalue weighted by Gasteiger charge is -2.31. The number of methoxy groups -OCH3 is 1. The highest BCUT2D eigenvalue weighted by Crippen LogP contribution is 2.42. The Balaban J connectivity index is 2.35. The van der Waals surface area contributed by atoms with E-state index in [0.717, 1.165) is 11.9 Å². The van der Waals surface area contributed by atoms with Crippen molar-refractivity contribution in [1.82, 2.24) is 8.87 Å². The minimum atomic E-state index is -4.47. The third-order valence-electron chi connectivity index (χ3n) is 3.54. The largest absolute Gasteiger partial charge is 0.408 e. The number of aromatic nitrogens is 1. The zero-order valence-corrected chi connectivity index (χ0v) is 15.7. The average Bonchev–Trinajstić information content (AvgIpc) is 2.58. The minimum Gasteiger partial charge on any atom is -0.364 e. The van der Waals surface area contributed by atoms with E-state index in [1.165, 1.54) is 58.6 Å². The highest BCUT2D eigenvalue weighted by Gasteiger charge is 2.44. The first-order valence-corrected chi connectivity index (χ1v) is 8.87. The first-order valence-electron chi connectivity index (χ1n) is 7.72. The van der Waals surface area contributed by atoms with Crippen LogP contribution in [-0.2, 0) is 11.5 Å². The molecule has 0 radical (unpaired) electrons. The van der Waals surface area contributed by atoms with Gasteiger partial charge in [-0.25, -0.2) is 4.31 Å². The Bertz CT molecular complexity index is 781. The van der Waals surface area contributed by atoms with Crippen molar-refractivity contribution in [1.29, 1.82) is 0 Å². The summed E-state index contributed by atoms with van der Waals surface area (Å²) in [6.45, 7) is 1.81. The van der Waals surface area contributed by atoms with E-state index in [0.29, 0.717) is 9.92 Å². The quantitative estimate of drug-likeness (QED) is 0.622. The fourth-order valence-electron chi connectivity index (χ4n) is 2.40. The van der Waals surface area contributed by atoms with Crippen molar-refractivity contribution in [3.63, 3.8) is 0 Å². The number of ether oxygens (including phenoxy) is 1. The van der Waals surface area contributed by atoms with Crippen molar-refractivity contribution in [3.05, 3.63) is 63.5 Å². The number of halogens is 4. The second-order valence-corrected chi connectivity index (χ2v) is 6.97. The summed E-state index contributed by atoms with van der Waals surface area (Å²) in [6.07, 6.45) is -2.99. The number of pyridine rings is 1. The van der Waals surface area contributed by atoms with Crippen molar-refractivity contribution in [2.45, 2.75) is 30.8 Å². The van der Waals surface area contributed by atoms with Crippen molar-refractivity contribution in [2.75, 3.05) is 13.7 Å². The third-order valence-corrected chi connectivity index (χ3v) is 4.95. The highest BCUT2D eigenvalue weighted by atomic mass is 35.5. The molecule has 9 heteroatoms. The molecular formula is C17H18ClF3N2O2S. The van der Waals surface area contributed by atoms with Crippen molar-refractivity contribution >= 4 is 23.5 Å². The fraction of sp³-hybridized carbons (Fsp3) is 0.353. The molecule has 4 nitrogen and oxygen atoms in total. The van der Waals surface area contributed by atoms with E-state index < -0.39 is 12.2 Å². The lowest BCUT2D eigenvalue weighted by molar-refractivity contribution is -0.172. The van der Waals surface area contributed by atoms with Crippen LogP contribution in [0.3, 0.4) is 0 Å². The summed E-state index contributed by atoms with van der Waals surface area (Å²) < 4.78 is 48.7. The second kappa shape index (κ2) is 8.94. The number of benzene rings is 1. The normalized spacial score (nSPS) is 13.2. The van der Waals surface area contributed by atoms with E-state index in [-0.39, 0.29) is 24.4 Å². The molecule has 1 aromatic carbocycles. The molecule has 2 aromatic rings. The first kappa shape index (κ1) is 20.8. The van der Waals surface area contributed by atoms with E-state index in [1.54, 1.807) is 6.92 Å². The molecular weight excluding hydrogens is 389 g/mol. The minimum absolute atomic E-state index is 0.0270. The molecule has 1 heterocycles. The Morgan fingerprint density at radius 3 is 2.42 bits per heavy atom. The molecule has 0 aliphatic rings. The maximum Gasteiger partial charge on any atom is 0.408 e. The summed E-state index contributed by atoms with van der Waals surface area (Å²) >= 11 is 6.73. The number of alkyl halides is 3. The van der Waals surface area contributed by atoms with Crippen molar-refractivity contribution < 1.29 is 17.9 Å². The van der Waals surface area contributed by atoms with Gasteiger partial charge in [0.25, 0.3) is 5.56 Å². The fourth-order valence-corrected chi connectivity index (χ4v) is 3.58. The number of rotatable bonds is 7. The lowest BCUT2D eigenvalue weighted by Crippen LogP contribution is -2.34. The Kier molecular flexibility index (Phi) is 7.16. The molecule has 0 aliphatic carbocycles. The van der Waals surface area contributed by atoms with Gasteiger partial charge in [0.2, 0.25) is 0 Å². The summed E-state index contributed by atoms with van der Waals surface area (Å²) in [4.78, 5) is 12.2. The van der Waals surface area contributed by atoms with Crippen LogP contribution in [-0.4, -0.2) is 28.7 Å². The molecule has 1 atom stereocenters. The van der Waals surface area contributed by atoms with E-state index in [4.69, 9.17) is 16.3 Å². The van der Waals surface area contributed by atoms with Gasteiger partial charge in [-0.1, -0.05) is 30.7 Å². The molecule has 0 unspecified atom stereocenters. The van der Waals surface area contributed by atoms with E-state index in [2.05, 4.69) is 0 Å². The van der Waals surface area contributed by atoms with Gasteiger partial charge in [0.15, 0.2) is 0 Å². The Labute approximate surface area is 158 Å². The number of nitrogens with zero attached hydrogens (tertiary/aromatic N) is 2. The zero-order valence-electron chi connectivity index (χ0n) is 14.2. The molecule has 0 amide bonds. The monoisotopic (exact) mass is 406 g/mol. The average molecular weight is 407 g/mol. The first-order chi connectivity index (χ1) is 12.3. The Hall–Kier alpha value is -1.48. The maximum absolute atomic E-state index is 13.7. The van der Waals surface area contributed by atoms with Crippen molar-refractivity contribution in [3.8, 4) is 0 Å². The molecule has 142 valence electrons. The van der Waals surface area contributed by atoms with Gasteiger partial charge in [-0.05, 0) is 35.7 Å². The predicted octanol–water partition coefficient (Wildman–Crippen LogP) is 4.74. The van der Waals surface area contributed by atoms with Crippen molar-refractivity contribution in [2.24, 2.45) is 0 Å². The molecule has 1 aromatic heterocycles. The molecule has 2 rings (SSSR count). The Morgan fingerprint density at radius 1 is 1.23 bits per heavy atom. The van der Waals surface area contributed by atoms with Gasteiger partial charge in [-0.2, -0.15) is 13.2 Å². The predicted molar refractivity (Wildman–Crippen MR) is 96.2 cm³/mol. The van der Waals surface area contributed by atoms with Crippen LogP contribution < -0.4 is 5.56 Å². The SMILES string of the molecule is CCN(Sc1ccc(=O)n(COC)c1)[C@H](c1ccc(Cl)cc1)C(F)(F)F. The smallest absolute Gasteiger partial charge is 0.364 e. The standard InChI is InChI=1S/C17H18ClF3N2O2S/c1-3-23(26-14-8-9-15(24)22(10-14)11-25-2)16(17(19,20)21)12-4-6-13(18)7-5-12/h4-10,16H,3,11H2,1-2H3/t16-/m1/s1. The lowest BCUT2D eigenvalue weighted by atomic mass is 10.1. The molecule has 0 bridgehead atoms. The van der Waals surface area contributed by atoms with Gasteiger partial charge in [0.05, 0.1) is 0 Å². The third kappa shape index (κ3) is 5.26. The van der Waals surface area contributed by atoms with Gasteiger partial charge in [0, 0.05) is 35.8 Å². The second-order valence-electron chi connectivity index (χ2n) is 5.41. The number of hydrogen-bond donors (Lipinski definition) is 0. The van der Waals surface area contributed by atoms with Gasteiger partial charge in [-0.3, -0.25) is 9.36 Å². The summed E-state index contributed by atoms with van der Waals surface area (Å²) in [5.41, 5.74) is -0.189. The van der Waals surface area contributed by atoms with Crippen LogP contribution in [0.4, 0.5) is 13.2 Å². The Morgan fingerprint density at radius 2 is 1.88 bits per heavy atom. The summed E-state index contributed by atoms with van der Waals surface area (Å²) in [6, 6.07) is 6.61. The van der Waals surface area contributed by atoms with Gasteiger partial charge >= 0.3 is 6.18 Å². The topological polar surface area (TPSA) is 34.5 Å². The van der Waals surface area contributed by atoms with Crippen LogP contribution in [0.15, 0.2) is 52.3 Å². The maximum atomic E-state index is 13.7. The van der Waals surface area contributed by atoms with Crippen LogP contribution in [0.2, 0.25) is 5.02 Å². The van der Waals surface area contributed by atoms with E-state index >= 15 is 0 Å². The molecule has 0 N–H and O–H groups in total. The molecule has 0 saturated carbocycles. The molecule has 0 spiro atoms. The molecule has 26 heavy (non-hydrogen) atoms. The van der Waals surface area contributed by atoms with Gasteiger partial charge in [-0.15, -0.1) is 0 Å². The highest BCUT2D eigenvalue weighted by molar-refractivity contribution is 7.97. The van der Waals surface area contributed by atoms with Crippen LogP contribution in [0.5, 0.6) is 0 Å². The summed E-state index contributed by atoms with van der Waals surface area (Å²) in [5, 5.41) is 0.372. The van der Waals surface area contributed by atoms with Crippen LogP contribution in [0.25, 0.3) is 0 Å².